The van der Waals surface area contributed by atoms with Gasteiger partial charge in [-0.2, -0.15) is 13.2 Å². The zero-order valence-corrected chi connectivity index (χ0v) is 17.1. The molecule has 0 saturated heterocycles. The molecule has 0 aromatic heterocycles. The Balaban J connectivity index is 2.48. The molecule has 0 spiro atoms. The van der Waals surface area contributed by atoms with Crippen molar-refractivity contribution in [2.45, 2.75) is 43.8 Å². The van der Waals surface area contributed by atoms with Gasteiger partial charge in [0.15, 0.2) is 0 Å². The van der Waals surface area contributed by atoms with E-state index in [1.165, 1.54) is 43.5 Å². The lowest BCUT2D eigenvalue weighted by Gasteiger charge is -2.39. The van der Waals surface area contributed by atoms with E-state index in [9.17, 15) is 17.6 Å². The zero-order valence-electron chi connectivity index (χ0n) is 16.3. The Morgan fingerprint density at radius 1 is 1.14 bits per heavy atom. The largest absolute Gasteiger partial charge is 0.496 e. The molecule has 0 radical (unpaired) electrons. The van der Waals surface area contributed by atoms with Crippen molar-refractivity contribution in [2.75, 3.05) is 7.11 Å². The average molecular weight is 428 g/mol. The van der Waals surface area contributed by atoms with E-state index in [2.05, 4.69) is 5.92 Å². The van der Waals surface area contributed by atoms with E-state index in [0.717, 1.165) is 0 Å². The smallest absolute Gasteiger partial charge is 0.406 e. The molecule has 0 aliphatic heterocycles. The van der Waals surface area contributed by atoms with E-state index in [-0.39, 0.29) is 16.3 Å². The first-order chi connectivity index (χ1) is 13.3. The van der Waals surface area contributed by atoms with Crippen molar-refractivity contribution in [2.24, 2.45) is 5.73 Å². The maximum Gasteiger partial charge on any atom is 0.406 e. The Kier molecular flexibility index (Phi) is 6.56. The van der Waals surface area contributed by atoms with Crippen LogP contribution in [0.15, 0.2) is 36.4 Å². The number of terminal acetylenes is 1. The van der Waals surface area contributed by atoms with Gasteiger partial charge in [-0.1, -0.05) is 37.4 Å². The number of ether oxygens (including phenoxy) is 1. The first-order valence-electron chi connectivity index (χ1n) is 8.77. The zero-order chi connectivity index (χ0) is 22.0. The molecule has 2 aromatic carbocycles. The standard InChI is InChI=1S/C22H22ClF4NO/c1-5-14-6-7-15(18(23)10-14)12-21(28,22(25,26)27)13-20(2,3)17-11-16(24)8-9-19(17)29-4/h1,6-11H,12-13,28H2,2-4H3. The van der Waals surface area contributed by atoms with Gasteiger partial charge >= 0.3 is 6.18 Å². The number of alkyl halides is 3. The van der Waals surface area contributed by atoms with Gasteiger partial charge in [0.25, 0.3) is 0 Å². The van der Waals surface area contributed by atoms with E-state index >= 15 is 0 Å². The summed E-state index contributed by atoms with van der Waals surface area (Å²) >= 11 is 6.13. The van der Waals surface area contributed by atoms with E-state index in [4.69, 9.17) is 28.5 Å². The number of hydrogen-bond acceptors (Lipinski definition) is 2. The Labute approximate surface area is 173 Å². The van der Waals surface area contributed by atoms with Crippen LogP contribution >= 0.6 is 11.6 Å². The molecular weight excluding hydrogens is 406 g/mol. The van der Waals surface area contributed by atoms with Gasteiger partial charge in [0.1, 0.15) is 17.1 Å². The Hall–Kier alpha value is -2.23. The van der Waals surface area contributed by atoms with Gasteiger partial charge in [-0.15, -0.1) is 6.42 Å². The van der Waals surface area contributed by atoms with Crippen molar-refractivity contribution in [3.05, 3.63) is 63.9 Å². The molecule has 0 bridgehead atoms. The average Bonchev–Trinajstić information content (AvgIpc) is 2.62. The van der Waals surface area contributed by atoms with E-state index in [1.54, 1.807) is 13.8 Å². The molecular formula is C22H22ClF4NO. The van der Waals surface area contributed by atoms with Crippen molar-refractivity contribution >= 4 is 11.6 Å². The molecule has 0 saturated carbocycles. The van der Waals surface area contributed by atoms with Crippen LogP contribution in [0.1, 0.15) is 37.0 Å². The minimum atomic E-state index is -4.74. The Bertz CT molecular complexity index is 933. The lowest BCUT2D eigenvalue weighted by Crippen LogP contribution is -2.58. The fourth-order valence-corrected chi connectivity index (χ4v) is 3.72. The number of hydrogen-bond donors (Lipinski definition) is 1. The summed E-state index contributed by atoms with van der Waals surface area (Å²) in [4.78, 5) is 0. The molecule has 2 N–H and O–H groups in total. The van der Waals surface area contributed by atoms with Crippen LogP contribution in [0.3, 0.4) is 0 Å². The molecule has 0 aliphatic carbocycles. The maximum atomic E-state index is 14.1. The molecule has 0 heterocycles. The van der Waals surface area contributed by atoms with Gasteiger partial charge in [-0.3, -0.25) is 0 Å². The summed E-state index contributed by atoms with van der Waals surface area (Å²) < 4.78 is 61.2. The molecule has 156 valence electrons. The summed E-state index contributed by atoms with van der Waals surface area (Å²) in [6, 6.07) is 8.12. The maximum absolute atomic E-state index is 14.1. The molecule has 0 amide bonds. The number of benzene rings is 2. The summed E-state index contributed by atoms with van der Waals surface area (Å²) in [6.45, 7) is 3.14. The van der Waals surface area contributed by atoms with Crippen LogP contribution in [0.4, 0.5) is 17.6 Å². The number of methoxy groups -OCH3 is 1. The second-order valence-electron chi connectivity index (χ2n) is 7.69. The number of rotatable bonds is 6. The van der Waals surface area contributed by atoms with E-state index in [1.807, 2.05) is 0 Å². The highest BCUT2D eigenvalue weighted by Gasteiger charge is 2.54. The summed E-state index contributed by atoms with van der Waals surface area (Å²) in [6.07, 6.45) is -0.512. The third kappa shape index (κ3) is 5.04. The van der Waals surface area contributed by atoms with E-state index in [0.29, 0.717) is 11.1 Å². The third-order valence-corrected chi connectivity index (χ3v) is 5.29. The summed E-state index contributed by atoms with van der Waals surface area (Å²) in [5.41, 5.74) is 3.16. The molecule has 0 aliphatic rings. The van der Waals surface area contributed by atoms with Gasteiger partial charge in [-0.05, 0) is 47.7 Å². The number of halogens is 5. The van der Waals surface area contributed by atoms with Gasteiger partial charge < -0.3 is 10.5 Å². The lowest BCUT2D eigenvalue weighted by molar-refractivity contribution is -0.191. The highest BCUT2D eigenvalue weighted by Crippen LogP contribution is 2.44. The van der Waals surface area contributed by atoms with Crippen molar-refractivity contribution in [3.8, 4) is 18.1 Å². The number of nitrogens with two attached hydrogens (primary N) is 1. The van der Waals surface area contributed by atoms with Crippen molar-refractivity contribution in [1.82, 2.24) is 0 Å². The quantitative estimate of drug-likeness (QED) is 0.478. The normalized spacial score (nSPS) is 14.2. The predicted molar refractivity (Wildman–Crippen MR) is 107 cm³/mol. The molecule has 2 nitrogen and oxygen atoms in total. The molecule has 2 rings (SSSR count). The van der Waals surface area contributed by atoms with Gasteiger partial charge in [0.2, 0.25) is 0 Å². The van der Waals surface area contributed by atoms with Crippen LogP contribution in [0, 0.1) is 18.2 Å². The minimum absolute atomic E-state index is 0.112. The molecule has 2 aromatic rings. The first kappa shape index (κ1) is 23.1. The SMILES string of the molecule is C#Cc1ccc(CC(N)(CC(C)(C)c2cc(F)ccc2OC)C(F)(F)F)c(Cl)c1. The highest BCUT2D eigenvalue weighted by atomic mass is 35.5. The first-order valence-corrected chi connectivity index (χ1v) is 9.15. The third-order valence-electron chi connectivity index (χ3n) is 4.94. The molecule has 1 atom stereocenters. The van der Waals surface area contributed by atoms with Gasteiger partial charge in [0, 0.05) is 22.6 Å². The second kappa shape index (κ2) is 8.25. The summed E-state index contributed by atoms with van der Waals surface area (Å²) in [5.74, 6) is 2.09. The fraction of sp³-hybridized carbons (Fsp3) is 0.364. The predicted octanol–water partition coefficient (Wildman–Crippen LogP) is 5.64. The summed E-state index contributed by atoms with van der Waals surface area (Å²) in [5, 5.41) is 0.112. The Morgan fingerprint density at radius 3 is 2.31 bits per heavy atom. The fourth-order valence-electron chi connectivity index (χ4n) is 3.48. The van der Waals surface area contributed by atoms with Crippen molar-refractivity contribution in [3.63, 3.8) is 0 Å². The molecule has 7 heteroatoms. The second-order valence-corrected chi connectivity index (χ2v) is 8.09. The molecule has 1 unspecified atom stereocenters. The van der Waals surface area contributed by atoms with Crippen LogP contribution in [-0.2, 0) is 11.8 Å². The lowest BCUT2D eigenvalue weighted by atomic mass is 9.71. The van der Waals surface area contributed by atoms with Crippen LogP contribution in [0.25, 0.3) is 0 Å². The topological polar surface area (TPSA) is 35.2 Å². The van der Waals surface area contributed by atoms with E-state index < -0.39 is 35.8 Å². The van der Waals surface area contributed by atoms with Crippen LogP contribution in [0.2, 0.25) is 5.02 Å². The Morgan fingerprint density at radius 2 is 1.79 bits per heavy atom. The minimum Gasteiger partial charge on any atom is -0.496 e. The van der Waals surface area contributed by atoms with Gasteiger partial charge in [0.05, 0.1) is 7.11 Å². The van der Waals surface area contributed by atoms with Gasteiger partial charge in [-0.25, -0.2) is 4.39 Å². The highest BCUT2D eigenvalue weighted by molar-refractivity contribution is 6.31. The van der Waals surface area contributed by atoms with Crippen LogP contribution < -0.4 is 10.5 Å². The van der Waals surface area contributed by atoms with Crippen LogP contribution in [-0.4, -0.2) is 18.8 Å². The monoisotopic (exact) mass is 427 g/mol. The van der Waals surface area contributed by atoms with Crippen LogP contribution in [0.5, 0.6) is 5.75 Å². The molecule has 0 fully saturated rings. The van der Waals surface area contributed by atoms with Crippen molar-refractivity contribution < 1.29 is 22.3 Å². The molecule has 29 heavy (non-hydrogen) atoms. The van der Waals surface area contributed by atoms with Crippen molar-refractivity contribution in [1.29, 1.82) is 0 Å². The summed E-state index contributed by atoms with van der Waals surface area (Å²) in [7, 11) is 1.37.